The summed E-state index contributed by atoms with van der Waals surface area (Å²) in [4.78, 5) is 27.6. The van der Waals surface area contributed by atoms with Crippen molar-refractivity contribution in [3.63, 3.8) is 0 Å². The number of hydrogen-bond donors (Lipinski definition) is 4. The number of hydrogen-bond acceptors (Lipinski definition) is 5. The summed E-state index contributed by atoms with van der Waals surface area (Å²) in [5.41, 5.74) is 1.69. The lowest BCUT2D eigenvalue weighted by atomic mass is 9.80. The maximum atomic E-state index is 13.8. The second-order valence-electron chi connectivity index (χ2n) is 10.2. The molecular weight excluding hydrogens is 516 g/mol. The first-order chi connectivity index (χ1) is 19.9. The SMILES string of the molecule is CC(Cc1ccc(OCc2ccccc2)cc1)(C(=O)N[C@H](CO)c1ccccc1)C(=O)N[C@H](CO)c1ccccc1. The van der Waals surface area contributed by atoms with Gasteiger partial charge in [-0.25, -0.2) is 0 Å². The molecule has 0 radical (unpaired) electrons. The van der Waals surface area contributed by atoms with Crippen LogP contribution in [0, 0.1) is 5.41 Å². The Kier molecular flexibility index (Phi) is 10.3. The van der Waals surface area contributed by atoms with E-state index in [1.54, 1.807) is 6.92 Å². The number of benzene rings is 4. The van der Waals surface area contributed by atoms with Gasteiger partial charge in [0, 0.05) is 0 Å². The molecule has 212 valence electrons. The highest BCUT2D eigenvalue weighted by molar-refractivity contribution is 6.05. The zero-order chi connectivity index (χ0) is 29.1. The molecule has 4 N–H and O–H groups in total. The van der Waals surface area contributed by atoms with Gasteiger partial charge in [-0.05, 0) is 47.7 Å². The molecule has 2 atom stereocenters. The number of ether oxygens (including phenoxy) is 1. The second kappa shape index (κ2) is 14.3. The number of carbonyl (C=O) groups is 2. The van der Waals surface area contributed by atoms with Gasteiger partial charge in [0.1, 0.15) is 17.8 Å². The topological polar surface area (TPSA) is 108 Å². The molecule has 0 saturated carbocycles. The zero-order valence-electron chi connectivity index (χ0n) is 23.1. The molecule has 0 saturated heterocycles. The quantitative estimate of drug-likeness (QED) is 0.183. The van der Waals surface area contributed by atoms with Crippen molar-refractivity contribution in [2.24, 2.45) is 5.41 Å². The van der Waals surface area contributed by atoms with Crippen molar-refractivity contribution < 1.29 is 24.5 Å². The van der Waals surface area contributed by atoms with Crippen LogP contribution >= 0.6 is 0 Å². The van der Waals surface area contributed by atoms with Crippen molar-refractivity contribution in [2.75, 3.05) is 13.2 Å². The van der Waals surface area contributed by atoms with Crippen molar-refractivity contribution in [3.05, 3.63) is 138 Å². The molecule has 7 heteroatoms. The van der Waals surface area contributed by atoms with Gasteiger partial charge in [0.2, 0.25) is 11.8 Å². The Balaban J connectivity index is 1.55. The highest BCUT2D eigenvalue weighted by atomic mass is 16.5. The molecule has 4 aromatic carbocycles. The smallest absolute Gasteiger partial charge is 0.236 e. The summed E-state index contributed by atoms with van der Waals surface area (Å²) >= 11 is 0. The van der Waals surface area contributed by atoms with Gasteiger partial charge in [0.15, 0.2) is 0 Å². The Bertz CT molecular complexity index is 1320. The van der Waals surface area contributed by atoms with E-state index < -0.39 is 29.3 Å². The molecular formula is C34H36N2O5. The van der Waals surface area contributed by atoms with Crippen LogP contribution in [0.2, 0.25) is 0 Å². The van der Waals surface area contributed by atoms with Crippen LogP contribution in [-0.2, 0) is 22.6 Å². The third-order valence-electron chi connectivity index (χ3n) is 7.11. The van der Waals surface area contributed by atoms with Gasteiger partial charge in [0.25, 0.3) is 0 Å². The van der Waals surface area contributed by atoms with Gasteiger partial charge in [-0.1, -0.05) is 103 Å². The standard InChI is InChI=1S/C34H36N2O5/c1-34(32(39)35-30(22-37)27-13-7-3-8-14-27,33(40)36-31(23-38)28-15-9-4-10-16-28)21-25-17-19-29(20-18-25)41-24-26-11-5-2-6-12-26/h2-20,30-31,37-38H,21-24H2,1H3,(H,35,39)(H,36,40)/t30-,31-/m1/s1. The fourth-order valence-corrected chi connectivity index (χ4v) is 4.59. The van der Waals surface area contributed by atoms with Crippen LogP contribution in [0.3, 0.4) is 0 Å². The van der Waals surface area contributed by atoms with E-state index in [9.17, 15) is 19.8 Å². The van der Waals surface area contributed by atoms with Gasteiger partial charge in [-0.15, -0.1) is 0 Å². The summed E-state index contributed by atoms with van der Waals surface area (Å²) in [5, 5.41) is 25.8. The molecule has 0 aromatic heterocycles. The number of nitrogens with one attached hydrogen (secondary N) is 2. The van der Waals surface area contributed by atoms with Crippen molar-refractivity contribution in [3.8, 4) is 5.75 Å². The molecule has 4 aromatic rings. The summed E-state index contributed by atoms with van der Waals surface area (Å²) in [7, 11) is 0. The molecule has 2 amide bonds. The second-order valence-corrected chi connectivity index (χ2v) is 10.2. The van der Waals surface area contributed by atoms with E-state index in [2.05, 4.69) is 10.6 Å². The van der Waals surface area contributed by atoms with Crippen LogP contribution in [0.5, 0.6) is 5.75 Å². The van der Waals surface area contributed by atoms with Gasteiger partial charge < -0.3 is 25.6 Å². The van der Waals surface area contributed by atoms with E-state index >= 15 is 0 Å². The van der Waals surface area contributed by atoms with Gasteiger partial charge in [-0.2, -0.15) is 0 Å². The summed E-state index contributed by atoms with van der Waals surface area (Å²) in [6.07, 6.45) is 0.0868. The van der Waals surface area contributed by atoms with Crippen LogP contribution in [0.15, 0.2) is 115 Å². The van der Waals surface area contributed by atoms with E-state index in [0.717, 1.165) is 22.3 Å². The minimum absolute atomic E-state index is 0.0868. The Labute approximate surface area is 240 Å². The number of amides is 2. The molecule has 0 aliphatic carbocycles. The third-order valence-corrected chi connectivity index (χ3v) is 7.11. The Morgan fingerprint density at radius 2 is 1.10 bits per heavy atom. The summed E-state index contributed by atoms with van der Waals surface area (Å²) in [5.74, 6) is -0.402. The third kappa shape index (κ3) is 7.81. The fraction of sp³-hybridized carbons (Fsp3) is 0.235. The Hall–Kier alpha value is -4.46. The average Bonchev–Trinajstić information content (AvgIpc) is 3.03. The first-order valence-corrected chi connectivity index (χ1v) is 13.6. The lowest BCUT2D eigenvalue weighted by Crippen LogP contribution is -2.53. The van der Waals surface area contributed by atoms with Crippen LogP contribution in [0.25, 0.3) is 0 Å². The maximum Gasteiger partial charge on any atom is 0.236 e. The minimum Gasteiger partial charge on any atom is -0.489 e. The molecule has 0 bridgehead atoms. The maximum absolute atomic E-state index is 13.8. The zero-order valence-corrected chi connectivity index (χ0v) is 23.1. The molecule has 0 spiro atoms. The number of aliphatic hydroxyl groups excluding tert-OH is 2. The van der Waals surface area contributed by atoms with Crippen molar-refractivity contribution >= 4 is 11.8 Å². The summed E-state index contributed by atoms with van der Waals surface area (Å²) in [6, 6.07) is 34.0. The van der Waals surface area contributed by atoms with Gasteiger partial charge in [-0.3, -0.25) is 9.59 Å². The molecule has 0 aliphatic heterocycles. The molecule has 41 heavy (non-hydrogen) atoms. The number of aliphatic hydroxyl groups is 2. The Morgan fingerprint density at radius 1 is 0.659 bits per heavy atom. The average molecular weight is 553 g/mol. The molecule has 7 nitrogen and oxygen atoms in total. The van der Waals surface area contributed by atoms with Crippen LogP contribution < -0.4 is 15.4 Å². The molecule has 4 rings (SSSR count). The minimum atomic E-state index is -1.56. The predicted octanol–water partition coefficient (Wildman–Crippen LogP) is 4.51. The number of rotatable bonds is 13. The van der Waals surface area contributed by atoms with Crippen LogP contribution in [-0.4, -0.2) is 35.2 Å². The largest absolute Gasteiger partial charge is 0.489 e. The van der Waals surface area contributed by atoms with Crippen molar-refractivity contribution in [2.45, 2.75) is 32.0 Å². The van der Waals surface area contributed by atoms with Gasteiger partial charge in [0.05, 0.1) is 25.3 Å². The number of carbonyl (C=O) groups excluding carboxylic acids is 2. The lowest BCUT2D eigenvalue weighted by molar-refractivity contribution is -0.143. The normalized spacial score (nSPS) is 12.7. The molecule has 0 heterocycles. The van der Waals surface area contributed by atoms with E-state index in [4.69, 9.17) is 4.74 Å². The lowest BCUT2D eigenvalue weighted by Gasteiger charge is -2.31. The van der Waals surface area contributed by atoms with E-state index in [-0.39, 0.29) is 19.6 Å². The molecule has 0 fully saturated rings. The van der Waals surface area contributed by atoms with Crippen molar-refractivity contribution in [1.82, 2.24) is 10.6 Å². The van der Waals surface area contributed by atoms with Crippen LogP contribution in [0.1, 0.15) is 41.3 Å². The monoisotopic (exact) mass is 552 g/mol. The van der Waals surface area contributed by atoms with E-state index in [1.165, 1.54) is 0 Å². The molecule has 0 aliphatic rings. The summed E-state index contributed by atoms with van der Waals surface area (Å²) < 4.78 is 5.89. The van der Waals surface area contributed by atoms with E-state index in [0.29, 0.717) is 12.4 Å². The first-order valence-electron chi connectivity index (χ1n) is 13.6. The molecule has 0 unspecified atom stereocenters. The summed E-state index contributed by atoms with van der Waals surface area (Å²) in [6.45, 7) is 1.34. The highest BCUT2D eigenvalue weighted by Gasteiger charge is 2.43. The first kappa shape index (κ1) is 29.5. The van der Waals surface area contributed by atoms with E-state index in [1.807, 2.05) is 115 Å². The fourth-order valence-electron chi connectivity index (χ4n) is 4.59. The predicted molar refractivity (Wildman–Crippen MR) is 158 cm³/mol. The van der Waals surface area contributed by atoms with Crippen molar-refractivity contribution in [1.29, 1.82) is 0 Å². The van der Waals surface area contributed by atoms with Gasteiger partial charge >= 0.3 is 0 Å². The Morgan fingerprint density at radius 3 is 1.54 bits per heavy atom. The highest BCUT2D eigenvalue weighted by Crippen LogP contribution is 2.28. The van der Waals surface area contributed by atoms with Crippen LogP contribution in [0.4, 0.5) is 0 Å².